The monoisotopic (exact) mass is 230 g/mol. The van der Waals surface area contributed by atoms with Gasteiger partial charge in [-0.1, -0.05) is 6.07 Å². The zero-order valence-corrected chi connectivity index (χ0v) is 10.3. The van der Waals surface area contributed by atoms with E-state index >= 15 is 0 Å². The average molecular weight is 230 g/mol. The van der Waals surface area contributed by atoms with Crippen molar-refractivity contribution in [3.05, 3.63) is 48.0 Å². The summed E-state index contributed by atoms with van der Waals surface area (Å²) in [4.78, 5) is 4.33. The molecule has 1 unspecified atom stereocenters. The maximum Gasteiger partial charge on any atom is 0.0637 e. The van der Waals surface area contributed by atoms with Crippen molar-refractivity contribution in [3.8, 4) is 0 Å². The van der Waals surface area contributed by atoms with Crippen molar-refractivity contribution in [2.75, 3.05) is 6.54 Å². The summed E-state index contributed by atoms with van der Waals surface area (Å²) in [5, 5.41) is 7.79. The van der Waals surface area contributed by atoms with Crippen LogP contribution in [-0.4, -0.2) is 21.3 Å². The number of rotatable bonds is 5. The quantitative estimate of drug-likeness (QED) is 0.850. The standard InChI is InChI=1S/C13H18N4/c1-11(13-5-3-4-8-15-13)14-9-6-12-7-10-17(2)16-12/h3-5,7-8,10-11,14H,6,9H2,1-2H3. The van der Waals surface area contributed by atoms with Gasteiger partial charge in [-0.05, 0) is 25.1 Å². The van der Waals surface area contributed by atoms with Gasteiger partial charge < -0.3 is 5.32 Å². The average Bonchev–Trinajstić information content (AvgIpc) is 2.76. The molecule has 0 aliphatic carbocycles. The number of hydrogen-bond donors (Lipinski definition) is 1. The van der Waals surface area contributed by atoms with Gasteiger partial charge >= 0.3 is 0 Å². The summed E-state index contributed by atoms with van der Waals surface area (Å²) >= 11 is 0. The van der Waals surface area contributed by atoms with E-state index in [1.54, 1.807) is 0 Å². The molecule has 2 heterocycles. The molecule has 17 heavy (non-hydrogen) atoms. The van der Waals surface area contributed by atoms with Crippen LogP contribution in [0, 0.1) is 0 Å². The van der Waals surface area contributed by atoms with E-state index in [1.165, 1.54) is 0 Å². The summed E-state index contributed by atoms with van der Waals surface area (Å²) in [5.41, 5.74) is 2.20. The van der Waals surface area contributed by atoms with Crippen LogP contribution in [0.1, 0.15) is 24.4 Å². The molecule has 0 aliphatic rings. The van der Waals surface area contributed by atoms with E-state index < -0.39 is 0 Å². The molecule has 0 amide bonds. The highest BCUT2D eigenvalue weighted by atomic mass is 15.2. The largest absolute Gasteiger partial charge is 0.308 e. The van der Waals surface area contributed by atoms with Crippen LogP contribution in [-0.2, 0) is 13.5 Å². The van der Waals surface area contributed by atoms with Crippen molar-refractivity contribution in [2.24, 2.45) is 7.05 Å². The Bertz CT molecular complexity index is 449. The lowest BCUT2D eigenvalue weighted by atomic mass is 10.2. The highest BCUT2D eigenvalue weighted by molar-refractivity contribution is 5.07. The molecule has 4 nitrogen and oxygen atoms in total. The highest BCUT2D eigenvalue weighted by Crippen LogP contribution is 2.07. The number of hydrogen-bond acceptors (Lipinski definition) is 3. The second-order valence-corrected chi connectivity index (χ2v) is 4.16. The molecule has 2 aromatic rings. The number of nitrogens with one attached hydrogen (secondary N) is 1. The number of nitrogens with zero attached hydrogens (tertiary/aromatic N) is 3. The van der Waals surface area contributed by atoms with E-state index in [4.69, 9.17) is 0 Å². The molecule has 90 valence electrons. The molecular weight excluding hydrogens is 212 g/mol. The van der Waals surface area contributed by atoms with E-state index in [0.717, 1.165) is 24.4 Å². The highest BCUT2D eigenvalue weighted by Gasteiger charge is 2.05. The Morgan fingerprint density at radius 1 is 1.35 bits per heavy atom. The van der Waals surface area contributed by atoms with Gasteiger partial charge in [0.15, 0.2) is 0 Å². The predicted octanol–water partition coefficient (Wildman–Crippen LogP) is 1.71. The van der Waals surface area contributed by atoms with Crippen molar-refractivity contribution >= 4 is 0 Å². The zero-order valence-electron chi connectivity index (χ0n) is 10.3. The molecule has 0 aliphatic heterocycles. The van der Waals surface area contributed by atoms with Crippen molar-refractivity contribution in [1.82, 2.24) is 20.1 Å². The summed E-state index contributed by atoms with van der Waals surface area (Å²) in [6, 6.07) is 8.31. The molecular formula is C13H18N4. The number of aromatic nitrogens is 3. The van der Waals surface area contributed by atoms with Gasteiger partial charge in [-0.15, -0.1) is 0 Å². The van der Waals surface area contributed by atoms with E-state index in [-0.39, 0.29) is 6.04 Å². The normalized spacial score (nSPS) is 12.6. The maximum atomic E-state index is 4.34. The van der Waals surface area contributed by atoms with Gasteiger partial charge in [0.2, 0.25) is 0 Å². The van der Waals surface area contributed by atoms with Gasteiger partial charge in [0, 0.05) is 38.4 Å². The molecule has 0 bridgehead atoms. The lowest BCUT2D eigenvalue weighted by molar-refractivity contribution is 0.559. The summed E-state index contributed by atoms with van der Waals surface area (Å²) in [6.45, 7) is 3.04. The minimum Gasteiger partial charge on any atom is -0.308 e. The van der Waals surface area contributed by atoms with Crippen LogP contribution >= 0.6 is 0 Å². The molecule has 1 N–H and O–H groups in total. The van der Waals surface area contributed by atoms with Gasteiger partial charge in [-0.2, -0.15) is 5.10 Å². The summed E-state index contributed by atoms with van der Waals surface area (Å²) < 4.78 is 1.83. The van der Waals surface area contributed by atoms with E-state index in [1.807, 2.05) is 48.4 Å². The Labute approximate surface area is 102 Å². The van der Waals surface area contributed by atoms with Gasteiger partial charge in [0.05, 0.1) is 11.4 Å². The minimum atomic E-state index is 0.278. The van der Waals surface area contributed by atoms with Crippen molar-refractivity contribution in [3.63, 3.8) is 0 Å². The molecule has 4 heteroatoms. The first-order valence-electron chi connectivity index (χ1n) is 5.88. The SMILES string of the molecule is CC(NCCc1ccn(C)n1)c1ccccn1. The molecule has 0 fully saturated rings. The van der Waals surface area contributed by atoms with Crippen LogP contribution in [0.2, 0.25) is 0 Å². The fraction of sp³-hybridized carbons (Fsp3) is 0.385. The Hall–Kier alpha value is -1.68. The van der Waals surface area contributed by atoms with Crippen LogP contribution in [0.3, 0.4) is 0 Å². The Balaban J connectivity index is 1.79. The minimum absolute atomic E-state index is 0.278. The lowest BCUT2D eigenvalue weighted by Gasteiger charge is -2.12. The first-order valence-corrected chi connectivity index (χ1v) is 5.88. The van der Waals surface area contributed by atoms with E-state index in [9.17, 15) is 0 Å². The van der Waals surface area contributed by atoms with Crippen LogP contribution in [0.5, 0.6) is 0 Å². The lowest BCUT2D eigenvalue weighted by Crippen LogP contribution is -2.22. The third-order valence-electron chi connectivity index (χ3n) is 2.73. The molecule has 0 radical (unpaired) electrons. The molecule has 0 saturated heterocycles. The van der Waals surface area contributed by atoms with Crippen molar-refractivity contribution in [2.45, 2.75) is 19.4 Å². The molecule has 1 atom stereocenters. The molecule has 2 aromatic heterocycles. The third-order valence-corrected chi connectivity index (χ3v) is 2.73. The molecule has 0 spiro atoms. The summed E-state index contributed by atoms with van der Waals surface area (Å²) in [6.07, 6.45) is 4.74. The summed E-state index contributed by atoms with van der Waals surface area (Å²) in [7, 11) is 1.94. The first-order chi connectivity index (χ1) is 8.25. The van der Waals surface area contributed by atoms with Gasteiger partial charge in [0.1, 0.15) is 0 Å². The molecule has 0 aromatic carbocycles. The van der Waals surface area contributed by atoms with Crippen molar-refractivity contribution in [1.29, 1.82) is 0 Å². The maximum absolute atomic E-state index is 4.34. The second kappa shape index (κ2) is 5.59. The van der Waals surface area contributed by atoms with Gasteiger partial charge in [-0.25, -0.2) is 0 Å². The van der Waals surface area contributed by atoms with Gasteiger partial charge in [0.25, 0.3) is 0 Å². The number of aryl methyl sites for hydroxylation is 1. The van der Waals surface area contributed by atoms with Crippen LogP contribution < -0.4 is 5.32 Å². The Kier molecular flexibility index (Phi) is 3.88. The van der Waals surface area contributed by atoms with Gasteiger partial charge in [-0.3, -0.25) is 9.67 Å². The van der Waals surface area contributed by atoms with Crippen LogP contribution in [0.4, 0.5) is 0 Å². The zero-order chi connectivity index (χ0) is 12.1. The topological polar surface area (TPSA) is 42.7 Å². The fourth-order valence-corrected chi connectivity index (χ4v) is 1.75. The molecule has 2 rings (SSSR count). The second-order valence-electron chi connectivity index (χ2n) is 4.16. The van der Waals surface area contributed by atoms with Crippen molar-refractivity contribution < 1.29 is 0 Å². The third kappa shape index (κ3) is 3.39. The fourth-order valence-electron chi connectivity index (χ4n) is 1.75. The number of pyridine rings is 1. The Morgan fingerprint density at radius 2 is 2.24 bits per heavy atom. The van der Waals surface area contributed by atoms with E-state index in [2.05, 4.69) is 22.3 Å². The Morgan fingerprint density at radius 3 is 2.88 bits per heavy atom. The molecule has 0 saturated carbocycles. The van der Waals surface area contributed by atoms with E-state index in [0.29, 0.717) is 0 Å². The van der Waals surface area contributed by atoms with Crippen LogP contribution in [0.15, 0.2) is 36.7 Å². The summed E-state index contributed by atoms with van der Waals surface area (Å²) in [5.74, 6) is 0. The smallest absolute Gasteiger partial charge is 0.0637 e. The predicted molar refractivity (Wildman–Crippen MR) is 67.6 cm³/mol. The first kappa shape index (κ1) is 11.8. The van der Waals surface area contributed by atoms with Crippen LogP contribution in [0.25, 0.3) is 0 Å².